The maximum Gasteiger partial charge on any atom is 0.0714 e. The van der Waals surface area contributed by atoms with E-state index < -0.39 is 10.8 Å². The molecule has 70 heavy (non-hydrogen) atoms. The Morgan fingerprint density at radius 3 is 1.11 bits per heavy atom. The van der Waals surface area contributed by atoms with Crippen LogP contribution in [0.3, 0.4) is 0 Å². The molecule has 12 rings (SSSR count). The molecule has 0 N–H and O–H groups in total. The van der Waals surface area contributed by atoms with E-state index in [1.807, 2.05) is 0 Å². The fourth-order valence-electron chi connectivity index (χ4n) is 12.0. The maximum atomic E-state index is 2.51. The third-order valence-electron chi connectivity index (χ3n) is 15.5. The molecule has 0 radical (unpaired) electrons. The highest BCUT2D eigenvalue weighted by molar-refractivity contribution is 5.92. The molecule has 0 fully saturated rings. The van der Waals surface area contributed by atoms with Crippen LogP contribution in [0.2, 0.25) is 0 Å². The van der Waals surface area contributed by atoms with E-state index in [9.17, 15) is 0 Å². The van der Waals surface area contributed by atoms with Crippen molar-refractivity contribution in [2.45, 2.75) is 57.3 Å². The Labute approximate surface area is 414 Å². The van der Waals surface area contributed by atoms with Crippen LogP contribution in [-0.2, 0) is 10.8 Å². The lowest BCUT2D eigenvalue weighted by Crippen LogP contribution is -2.29. The van der Waals surface area contributed by atoms with Gasteiger partial charge in [-0.25, -0.2) is 0 Å². The highest BCUT2D eigenvalue weighted by Crippen LogP contribution is 2.60. The van der Waals surface area contributed by atoms with Crippen LogP contribution < -0.4 is 4.90 Å². The summed E-state index contributed by atoms with van der Waals surface area (Å²) in [7, 11) is 0. The van der Waals surface area contributed by atoms with Crippen molar-refractivity contribution in [3.63, 3.8) is 0 Å². The Bertz CT molecular complexity index is 3350. The molecule has 338 valence electrons. The SMILES string of the molecule is Cc1ccc(-c2ccc(N(c3ccc4c(c3)C(c3ccccc3)(c3cccc(C(C)C)c3)c3ccccc3-4)c3ccc4c(c3)C(c3ccccc3)(c3cccc(C(C)C)c3)c3ccccc3-4)cc2)cc1. The number of aryl methyl sites for hydroxylation is 1. The van der Waals surface area contributed by atoms with E-state index in [1.54, 1.807) is 0 Å². The quantitative estimate of drug-likeness (QED) is 0.132. The molecule has 0 saturated heterocycles. The fourth-order valence-corrected chi connectivity index (χ4v) is 12.0. The molecule has 2 atom stereocenters. The van der Waals surface area contributed by atoms with Gasteiger partial charge < -0.3 is 4.90 Å². The number of fused-ring (bicyclic) bond motifs is 6. The van der Waals surface area contributed by atoms with Crippen molar-refractivity contribution in [2.24, 2.45) is 0 Å². The normalized spacial score (nSPS) is 16.4. The van der Waals surface area contributed by atoms with E-state index in [1.165, 1.54) is 94.6 Å². The lowest BCUT2D eigenvalue weighted by molar-refractivity contribution is 0.759. The molecule has 0 heterocycles. The minimum atomic E-state index is -0.557. The van der Waals surface area contributed by atoms with Crippen LogP contribution in [0, 0.1) is 6.92 Å². The summed E-state index contributed by atoms with van der Waals surface area (Å²) in [6, 6.07) is 91.9. The first-order valence-corrected chi connectivity index (χ1v) is 25.0. The van der Waals surface area contributed by atoms with Crippen LogP contribution in [0.4, 0.5) is 17.1 Å². The number of hydrogen-bond donors (Lipinski definition) is 0. The predicted octanol–water partition coefficient (Wildman–Crippen LogP) is 18.1. The molecule has 10 aromatic rings. The molecule has 2 aliphatic carbocycles. The number of benzene rings is 10. The van der Waals surface area contributed by atoms with Crippen molar-refractivity contribution in [2.75, 3.05) is 4.90 Å². The predicted molar refractivity (Wildman–Crippen MR) is 294 cm³/mol. The van der Waals surface area contributed by atoms with Gasteiger partial charge in [-0.2, -0.15) is 0 Å². The van der Waals surface area contributed by atoms with Crippen molar-refractivity contribution < 1.29 is 0 Å². The van der Waals surface area contributed by atoms with Gasteiger partial charge in [-0.15, -0.1) is 0 Å². The van der Waals surface area contributed by atoms with Gasteiger partial charge in [-0.1, -0.05) is 240 Å². The average molecular weight is 900 g/mol. The van der Waals surface area contributed by atoms with Gasteiger partial charge in [0.15, 0.2) is 0 Å². The van der Waals surface area contributed by atoms with E-state index in [0.717, 1.165) is 17.1 Å². The topological polar surface area (TPSA) is 3.24 Å². The summed E-state index contributed by atoms with van der Waals surface area (Å²) >= 11 is 0. The minimum Gasteiger partial charge on any atom is -0.310 e. The summed E-state index contributed by atoms with van der Waals surface area (Å²) in [6.07, 6.45) is 0. The third-order valence-corrected chi connectivity index (χ3v) is 15.5. The van der Waals surface area contributed by atoms with Gasteiger partial charge >= 0.3 is 0 Å². The van der Waals surface area contributed by atoms with Crippen molar-refractivity contribution >= 4 is 17.1 Å². The highest BCUT2D eigenvalue weighted by atomic mass is 15.1. The highest BCUT2D eigenvalue weighted by Gasteiger charge is 2.48. The van der Waals surface area contributed by atoms with E-state index in [2.05, 4.69) is 282 Å². The second kappa shape index (κ2) is 17.2. The summed E-state index contributed by atoms with van der Waals surface area (Å²) in [6.45, 7) is 11.3. The number of rotatable bonds is 10. The second-order valence-corrected chi connectivity index (χ2v) is 20.1. The monoisotopic (exact) mass is 899 g/mol. The fraction of sp³-hybridized carbons (Fsp3) is 0.130. The van der Waals surface area contributed by atoms with Crippen LogP contribution in [0.1, 0.15) is 101 Å². The number of hydrogen-bond acceptors (Lipinski definition) is 1. The van der Waals surface area contributed by atoms with E-state index >= 15 is 0 Å². The smallest absolute Gasteiger partial charge is 0.0714 e. The van der Waals surface area contributed by atoms with Gasteiger partial charge in [0.25, 0.3) is 0 Å². The van der Waals surface area contributed by atoms with Gasteiger partial charge in [0.05, 0.1) is 10.8 Å². The third kappa shape index (κ3) is 6.74. The Morgan fingerprint density at radius 1 is 0.300 bits per heavy atom. The Kier molecular flexibility index (Phi) is 10.6. The maximum absolute atomic E-state index is 2.51. The van der Waals surface area contributed by atoms with Crippen LogP contribution in [0.15, 0.2) is 243 Å². The van der Waals surface area contributed by atoms with E-state index in [4.69, 9.17) is 0 Å². The van der Waals surface area contributed by atoms with Crippen molar-refractivity contribution in [1.82, 2.24) is 0 Å². The van der Waals surface area contributed by atoms with Crippen molar-refractivity contribution in [3.05, 3.63) is 304 Å². The van der Waals surface area contributed by atoms with Gasteiger partial charge in [0.2, 0.25) is 0 Å². The Hall–Kier alpha value is -8.00. The zero-order valence-corrected chi connectivity index (χ0v) is 40.7. The summed E-state index contributed by atoms with van der Waals surface area (Å²) in [5.41, 5.74) is 23.9. The van der Waals surface area contributed by atoms with Crippen LogP contribution in [-0.4, -0.2) is 0 Å². The molecule has 1 nitrogen and oxygen atoms in total. The molecule has 0 aromatic heterocycles. The lowest BCUT2D eigenvalue weighted by atomic mass is 9.67. The van der Waals surface area contributed by atoms with Gasteiger partial charge in [-0.3, -0.25) is 0 Å². The molecule has 0 aliphatic heterocycles. The molecular formula is C69H57N. The molecule has 0 saturated carbocycles. The van der Waals surface area contributed by atoms with Crippen molar-refractivity contribution in [1.29, 1.82) is 0 Å². The number of nitrogens with zero attached hydrogens (tertiary/aromatic N) is 1. The largest absolute Gasteiger partial charge is 0.310 e. The molecular weight excluding hydrogens is 843 g/mol. The molecule has 0 amide bonds. The first-order valence-electron chi connectivity index (χ1n) is 25.0. The van der Waals surface area contributed by atoms with E-state index in [0.29, 0.717) is 11.8 Å². The van der Waals surface area contributed by atoms with Gasteiger partial charge in [0, 0.05) is 17.1 Å². The second-order valence-electron chi connectivity index (χ2n) is 20.1. The van der Waals surface area contributed by atoms with Crippen LogP contribution in [0.25, 0.3) is 33.4 Å². The van der Waals surface area contributed by atoms with Gasteiger partial charge in [0.1, 0.15) is 0 Å². The zero-order chi connectivity index (χ0) is 47.6. The summed E-state index contributed by atoms with van der Waals surface area (Å²) in [5, 5.41) is 0. The Morgan fingerprint density at radius 2 is 0.671 bits per heavy atom. The number of anilines is 3. The summed E-state index contributed by atoms with van der Waals surface area (Å²) < 4.78 is 0. The minimum absolute atomic E-state index is 0.385. The Balaban J connectivity index is 1.13. The van der Waals surface area contributed by atoms with Crippen molar-refractivity contribution in [3.8, 4) is 33.4 Å². The first-order chi connectivity index (χ1) is 34.3. The average Bonchev–Trinajstić information content (AvgIpc) is 3.88. The first kappa shape index (κ1) is 43.3. The molecule has 2 unspecified atom stereocenters. The standard InChI is InChI=1S/C69H57N/c1-46(2)51-18-16-24-55(42-51)68(53-20-8-6-9-21-53)64-28-14-12-26-60(64)62-40-38-58(44-66(62)68)70(57-36-34-50(35-37-57)49-32-30-48(5)31-33-49)59-39-41-63-61-27-13-15-29-65(61)69(67(63)45-59,54-22-10-7-11-23-54)56-25-17-19-52(43-56)47(3)4/h6-47H,1-5H3. The molecule has 2 aliphatic rings. The lowest BCUT2D eigenvalue weighted by Gasteiger charge is -2.36. The van der Waals surface area contributed by atoms with Gasteiger partial charge in [-0.05, 0) is 144 Å². The van der Waals surface area contributed by atoms with Crippen LogP contribution >= 0.6 is 0 Å². The molecule has 1 heteroatoms. The summed E-state index contributed by atoms with van der Waals surface area (Å²) in [5.74, 6) is 0.769. The zero-order valence-electron chi connectivity index (χ0n) is 40.7. The van der Waals surface area contributed by atoms with E-state index in [-0.39, 0.29) is 0 Å². The molecule has 10 aromatic carbocycles. The molecule has 0 bridgehead atoms. The summed E-state index contributed by atoms with van der Waals surface area (Å²) in [4.78, 5) is 2.51. The van der Waals surface area contributed by atoms with Crippen LogP contribution in [0.5, 0.6) is 0 Å². The molecule has 0 spiro atoms.